The third-order valence-corrected chi connectivity index (χ3v) is 5.15. The van der Waals surface area contributed by atoms with E-state index in [0.717, 1.165) is 17.3 Å². The highest BCUT2D eigenvalue weighted by Crippen LogP contribution is 2.58. The second-order valence-corrected chi connectivity index (χ2v) is 6.38. The SMILES string of the molecule is CCC(C)CN(CC)CC1CC12CCNCC2. The Hall–Kier alpha value is -0.0800. The van der Waals surface area contributed by atoms with Gasteiger partial charge in [-0.15, -0.1) is 0 Å². The minimum absolute atomic E-state index is 0.758. The molecule has 1 aliphatic heterocycles. The van der Waals surface area contributed by atoms with Crippen LogP contribution in [0.5, 0.6) is 0 Å². The summed E-state index contributed by atoms with van der Waals surface area (Å²) in [6, 6.07) is 0. The highest BCUT2D eigenvalue weighted by atomic mass is 15.1. The summed E-state index contributed by atoms with van der Waals surface area (Å²) >= 11 is 0. The lowest BCUT2D eigenvalue weighted by Gasteiger charge is -2.27. The molecule has 100 valence electrons. The maximum Gasteiger partial charge on any atom is 0.00152 e. The van der Waals surface area contributed by atoms with E-state index in [9.17, 15) is 0 Å². The first-order valence-corrected chi connectivity index (χ1v) is 7.63. The molecule has 2 rings (SSSR count). The number of hydrogen-bond acceptors (Lipinski definition) is 2. The van der Waals surface area contributed by atoms with Gasteiger partial charge in [0, 0.05) is 13.1 Å². The molecule has 2 unspecified atom stereocenters. The average Bonchev–Trinajstić information content (AvgIpc) is 3.00. The molecule has 0 aromatic rings. The molecule has 17 heavy (non-hydrogen) atoms. The highest BCUT2D eigenvalue weighted by molar-refractivity contribution is 5.05. The van der Waals surface area contributed by atoms with Gasteiger partial charge in [-0.1, -0.05) is 27.2 Å². The molecule has 1 N–H and O–H groups in total. The Balaban J connectivity index is 1.76. The molecule has 1 saturated heterocycles. The van der Waals surface area contributed by atoms with Crippen molar-refractivity contribution in [1.29, 1.82) is 0 Å². The fraction of sp³-hybridized carbons (Fsp3) is 1.00. The van der Waals surface area contributed by atoms with Crippen LogP contribution in [0.2, 0.25) is 0 Å². The van der Waals surface area contributed by atoms with E-state index in [1.54, 1.807) is 0 Å². The van der Waals surface area contributed by atoms with Crippen LogP contribution in [0.3, 0.4) is 0 Å². The van der Waals surface area contributed by atoms with Crippen molar-refractivity contribution >= 4 is 0 Å². The molecule has 1 heterocycles. The zero-order chi connectivity index (χ0) is 12.3. The summed E-state index contributed by atoms with van der Waals surface area (Å²) in [5.41, 5.74) is 0.758. The minimum atomic E-state index is 0.758. The van der Waals surface area contributed by atoms with E-state index in [4.69, 9.17) is 0 Å². The molecule has 2 fully saturated rings. The van der Waals surface area contributed by atoms with Crippen molar-refractivity contribution in [2.24, 2.45) is 17.3 Å². The van der Waals surface area contributed by atoms with Crippen molar-refractivity contribution in [3.63, 3.8) is 0 Å². The number of piperidine rings is 1. The van der Waals surface area contributed by atoms with Gasteiger partial charge in [-0.05, 0) is 56.1 Å². The topological polar surface area (TPSA) is 15.3 Å². The van der Waals surface area contributed by atoms with Crippen LogP contribution < -0.4 is 5.32 Å². The second kappa shape index (κ2) is 5.71. The number of rotatable bonds is 6. The highest BCUT2D eigenvalue weighted by Gasteiger charge is 2.53. The molecule has 1 aliphatic carbocycles. The van der Waals surface area contributed by atoms with Gasteiger partial charge in [0.05, 0.1) is 0 Å². The minimum Gasteiger partial charge on any atom is -0.317 e. The van der Waals surface area contributed by atoms with Crippen LogP contribution in [0.25, 0.3) is 0 Å². The lowest BCUT2D eigenvalue weighted by atomic mass is 9.92. The standard InChI is InChI=1S/C15H30N2/c1-4-13(3)11-17(5-2)12-14-10-15(14)6-8-16-9-7-15/h13-14,16H,4-12H2,1-3H3. The summed E-state index contributed by atoms with van der Waals surface area (Å²) in [5, 5.41) is 3.50. The summed E-state index contributed by atoms with van der Waals surface area (Å²) in [6.45, 7) is 13.4. The Bertz CT molecular complexity index is 233. The van der Waals surface area contributed by atoms with E-state index >= 15 is 0 Å². The Kier molecular flexibility index (Phi) is 4.48. The van der Waals surface area contributed by atoms with E-state index < -0.39 is 0 Å². The smallest absolute Gasteiger partial charge is 0.00152 e. The number of nitrogens with zero attached hydrogens (tertiary/aromatic N) is 1. The van der Waals surface area contributed by atoms with Crippen LogP contribution in [0, 0.1) is 17.3 Å². The zero-order valence-corrected chi connectivity index (χ0v) is 12.0. The predicted molar refractivity (Wildman–Crippen MR) is 74.2 cm³/mol. The Morgan fingerprint density at radius 3 is 2.59 bits per heavy atom. The first-order valence-electron chi connectivity index (χ1n) is 7.63. The average molecular weight is 238 g/mol. The fourth-order valence-electron chi connectivity index (χ4n) is 3.44. The molecule has 2 aliphatic rings. The molecule has 1 spiro atoms. The van der Waals surface area contributed by atoms with Crippen LogP contribution in [0.15, 0.2) is 0 Å². The summed E-state index contributed by atoms with van der Waals surface area (Å²) in [6.07, 6.45) is 5.68. The molecule has 2 heteroatoms. The molecule has 0 amide bonds. The van der Waals surface area contributed by atoms with Gasteiger partial charge >= 0.3 is 0 Å². The van der Waals surface area contributed by atoms with Gasteiger partial charge in [-0.25, -0.2) is 0 Å². The van der Waals surface area contributed by atoms with Crippen molar-refractivity contribution in [2.75, 3.05) is 32.7 Å². The first-order chi connectivity index (χ1) is 8.20. The van der Waals surface area contributed by atoms with Gasteiger partial charge in [0.25, 0.3) is 0 Å². The summed E-state index contributed by atoms with van der Waals surface area (Å²) < 4.78 is 0. The van der Waals surface area contributed by atoms with E-state index in [1.807, 2.05) is 0 Å². The van der Waals surface area contributed by atoms with Crippen molar-refractivity contribution in [3.8, 4) is 0 Å². The summed E-state index contributed by atoms with van der Waals surface area (Å²) in [4.78, 5) is 2.69. The normalized spacial score (nSPS) is 28.6. The van der Waals surface area contributed by atoms with E-state index in [1.165, 1.54) is 58.4 Å². The molecule has 0 aromatic heterocycles. The van der Waals surface area contributed by atoms with Crippen molar-refractivity contribution in [2.45, 2.75) is 46.5 Å². The monoisotopic (exact) mass is 238 g/mol. The van der Waals surface area contributed by atoms with E-state index in [2.05, 4.69) is 31.0 Å². The third-order valence-electron chi connectivity index (χ3n) is 5.15. The van der Waals surface area contributed by atoms with Crippen LogP contribution in [-0.4, -0.2) is 37.6 Å². The van der Waals surface area contributed by atoms with Gasteiger partial charge in [0.15, 0.2) is 0 Å². The van der Waals surface area contributed by atoms with Crippen LogP contribution >= 0.6 is 0 Å². The Morgan fingerprint density at radius 1 is 1.29 bits per heavy atom. The lowest BCUT2D eigenvalue weighted by Crippen LogP contribution is -2.34. The Morgan fingerprint density at radius 2 is 2.00 bits per heavy atom. The lowest BCUT2D eigenvalue weighted by molar-refractivity contribution is 0.211. The first kappa shape index (κ1) is 13.4. The molecule has 2 atom stereocenters. The molecule has 1 saturated carbocycles. The van der Waals surface area contributed by atoms with E-state index in [0.29, 0.717) is 0 Å². The molecule has 2 nitrogen and oxygen atoms in total. The molecular formula is C15H30N2. The molecule has 0 aromatic carbocycles. The van der Waals surface area contributed by atoms with Crippen LogP contribution in [0.4, 0.5) is 0 Å². The number of hydrogen-bond donors (Lipinski definition) is 1. The van der Waals surface area contributed by atoms with Gasteiger partial charge < -0.3 is 10.2 Å². The third kappa shape index (κ3) is 3.23. The molecular weight excluding hydrogens is 208 g/mol. The van der Waals surface area contributed by atoms with E-state index in [-0.39, 0.29) is 0 Å². The van der Waals surface area contributed by atoms with Crippen molar-refractivity contribution in [3.05, 3.63) is 0 Å². The van der Waals surface area contributed by atoms with Crippen LogP contribution in [0.1, 0.15) is 46.5 Å². The maximum absolute atomic E-state index is 3.50. The van der Waals surface area contributed by atoms with Gasteiger partial charge in [0.2, 0.25) is 0 Å². The molecule has 0 radical (unpaired) electrons. The molecule has 0 bridgehead atoms. The summed E-state index contributed by atoms with van der Waals surface area (Å²) in [7, 11) is 0. The Labute approximate surface area is 107 Å². The zero-order valence-electron chi connectivity index (χ0n) is 12.0. The maximum atomic E-state index is 3.50. The largest absolute Gasteiger partial charge is 0.317 e. The summed E-state index contributed by atoms with van der Waals surface area (Å²) in [5.74, 6) is 1.87. The van der Waals surface area contributed by atoms with Crippen LogP contribution in [-0.2, 0) is 0 Å². The van der Waals surface area contributed by atoms with Crippen molar-refractivity contribution < 1.29 is 0 Å². The van der Waals surface area contributed by atoms with Gasteiger partial charge in [-0.3, -0.25) is 0 Å². The van der Waals surface area contributed by atoms with Gasteiger partial charge in [-0.2, -0.15) is 0 Å². The second-order valence-electron chi connectivity index (χ2n) is 6.38. The fourth-order valence-corrected chi connectivity index (χ4v) is 3.44. The quantitative estimate of drug-likeness (QED) is 0.765. The van der Waals surface area contributed by atoms with Crippen molar-refractivity contribution in [1.82, 2.24) is 10.2 Å². The predicted octanol–water partition coefficient (Wildman–Crippen LogP) is 2.74. The number of nitrogens with one attached hydrogen (secondary N) is 1. The van der Waals surface area contributed by atoms with Gasteiger partial charge in [0.1, 0.15) is 0 Å².